The van der Waals surface area contributed by atoms with Crippen LogP contribution in [0.5, 0.6) is 5.75 Å². The number of aryl methyl sites for hydroxylation is 1. The lowest BCUT2D eigenvalue weighted by molar-refractivity contribution is -0.139. The molecular weight excluding hydrogens is 322 g/mol. The van der Waals surface area contributed by atoms with Crippen LogP contribution in [0.1, 0.15) is 41.5 Å². The molecule has 0 radical (unpaired) electrons. The van der Waals surface area contributed by atoms with Gasteiger partial charge in [0.15, 0.2) is 6.61 Å². The van der Waals surface area contributed by atoms with E-state index in [0.717, 1.165) is 11.3 Å². The maximum atomic E-state index is 12.2. The van der Waals surface area contributed by atoms with Crippen LogP contribution in [-0.4, -0.2) is 39.9 Å². The summed E-state index contributed by atoms with van der Waals surface area (Å²) in [5.41, 5.74) is 2.46. The Morgan fingerprint density at radius 2 is 1.96 bits per heavy atom. The molecule has 0 unspecified atom stereocenters. The summed E-state index contributed by atoms with van der Waals surface area (Å²) in [6.45, 7) is 4.24. The first-order valence-corrected chi connectivity index (χ1v) is 8.12. The van der Waals surface area contributed by atoms with Gasteiger partial charge in [0.05, 0.1) is 0 Å². The van der Waals surface area contributed by atoms with E-state index in [1.807, 2.05) is 25.2 Å². The van der Waals surface area contributed by atoms with Crippen molar-refractivity contribution in [1.82, 2.24) is 15.1 Å². The number of carboxylic acid groups (broad SMARTS) is 1. The van der Waals surface area contributed by atoms with Crippen molar-refractivity contribution in [3.8, 4) is 5.75 Å². The van der Waals surface area contributed by atoms with Crippen LogP contribution in [-0.2, 0) is 18.3 Å². The van der Waals surface area contributed by atoms with Gasteiger partial charge in [-0.25, -0.2) is 4.79 Å². The van der Waals surface area contributed by atoms with E-state index in [1.54, 1.807) is 16.8 Å². The zero-order valence-corrected chi connectivity index (χ0v) is 14.7. The molecular formula is C18H23N3O4. The SMILES string of the molecule is CC(C)c1cc(C(=O)NCCc2ccc(OCC(=O)O)cc2)nn1C. The van der Waals surface area contributed by atoms with Crippen molar-refractivity contribution in [1.29, 1.82) is 0 Å². The predicted octanol–water partition coefficient (Wildman–Crippen LogP) is 1.98. The molecule has 25 heavy (non-hydrogen) atoms. The van der Waals surface area contributed by atoms with Gasteiger partial charge in [0.25, 0.3) is 5.91 Å². The molecule has 134 valence electrons. The first kappa shape index (κ1) is 18.5. The summed E-state index contributed by atoms with van der Waals surface area (Å²) in [5.74, 6) is -0.392. The number of carboxylic acids is 1. The Bertz CT molecular complexity index is 735. The fourth-order valence-corrected chi connectivity index (χ4v) is 2.44. The summed E-state index contributed by atoms with van der Waals surface area (Å²) in [5, 5.41) is 15.7. The minimum Gasteiger partial charge on any atom is -0.482 e. The molecule has 7 nitrogen and oxygen atoms in total. The average molecular weight is 345 g/mol. The van der Waals surface area contributed by atoms with Crippen LogP contribution in [0.2, 0.25) is 0 Å². The van der Waals surface area contributed by atoms with Crippen LogP contribution in [0.25, 0.3) is 0 Å². The summed E-state index contributed by atoms with van der Waals surface area (Å²) >= 11 is 0. The van der Waals surface area contributed by atoms with Crippen molar-refractivity contribution in [3.05, 3.63) is 47.3 Å². The Hall–Kier alpha value is -2.83. The number of nitrogens with one attached hydrogen (secondary N) is 1. The number of benzene rings is 1. The molecule has 0 spiro atoms. The van der Waals surface area contributed by atoms with E-state index in [2.05, 4.69) is 24.3 Å². The number of aliphatic carboxylic acids is 1. The number of nitrogens with zero attached hydrogens (tertiary/aromatic N) is 2. The Balaban J connectivity index is 1.82. The molecule has 0 aliphatic heterocycles. The van der Waals surface area contributed by atoms with Gasteiger partial charge in [0.2, 0.25) is 0 Å². The molecule has 0 atom stereocenters. The molecule has 1 aromatic carbocycles. The Morgan fingerprint density at radius 3 is 2.52 bits per heavy atom. The minimum atomic E-state index is -1.01. The second-order valence-electron chi connectivity index (χ2n) is 6.07. The normalized spacial score (nSPS) is 10.7. The van der Waals surface area contributed by atoms with Crippen LogP contribution in [0, 0.1) is 0 Å². The molecule has 2 N–H and O–H groups in total. The molecule has 0 aliphatic carbocycles. The lowest BCUT2D eigenvalue weighted by atomic mass is 10.1. The number of hydrogen-bond acceptors (Lipinski definition) is 4. The number of hydrogen-bond donors (Lipinski definition) is 2. The highest BCUT2D eigenvalue weighted by molar-refractivity contribution is 5.92. The van der Waals surface area contributed by atoms with E-state index in [1.165, 1.54) is 0 Å². The van der Waals surface area contributed by atoms with E-state index in [-0.39, 0.29) is 12.5 Å². The molecule has 1 heterocycles. The zero-order valence-electron chi connectivity index (χ0n) is 14.7. The zero-order chi connectivity index (χ0) is 18.4. The van der Waals surface area contributed by atoms with Gasteiger partial charge in [-0.05, 0) is 36.1 Å². The Kier molecular flexibility index (Phi) is 6.16. The van der Waals surface area contributed by atoms with E-state index in [9.17, 15) is 9.59 Å². The molecule has 1 aromatic heterocycles. The molecule has 0 fully saturated rings. The van der Waals surface area contributed by atoms with Crippen molar-refractivity contribution in [2.45, 2.75) is 26.2 Å². The smallest absolute Gasteiger partial charge is 0.341 e. The van der Waals surface area contributed by atoms with E-state index < -0.39 is 5.97 Å². The standard InChI is InChI=1S/C18H23N3O4/c1-12(2)16-10-15(20-21(16)3)18(24)19-9-8-13-4-6-14(7-5-13)25-11-17(22)23/h4-7,10,12H,8-9,11H2,1-3H3,(H,19,24)(H,22,23). The third kappa shape index (κ3) is 5.34. The van der Waals surface area contributed by atoms with Gasteiger partial charge in [-0.15, -0.1) is 0 Å². The number of aromatic nitrogens is 2. The predicted molar refractivity (Wildman–Crippen MR) is 92.9 cm³/mol. The first-order valence-electron chi connectivity index (χ1n) is 8.12. The highest BCUT2D eigenvalue weighted by Crippen LogP contribution is 2.15. The third-order valence-corrected chi connectivity index (χ3v) is 3.73. The van der Waals surface area contributed by atoms with Crippen LogP contribution < -0.4 is 10.1 Å². The molecule has 1 amide bonds. The van der Waals surface area contributed by atoms with Crippen LogP contribution in [0.4, 0.5) is 0 Å². The fourth-order valence-electron chi connectivity index (χ4n) is 2.44. The minimum absolute atomic E-state index is 0.191. The maximum Gasteiger partial charge on any atom is 0.341 e. The number of ether oxygens (including phenoxy) is 1. The van der Waals surface area contributed by atoms with Gasteiger partial charge < -0.3 is 15.2 Å². The van der Waals surface area contributed by atoms with Crippen molar-refractivity contribution >= 4 is 11.9 Å². The second-order valence-corrected chi connectivity index (χ2v) is 6.07. The van der Waals surface area contributed by atoms with Crippen molar-refractivity contribution < 1.29 is 19.4 Å². The van der Waals surface area contributed by atoms with E-state index in [0.29, 0.717) is 30.3 Å². The van der Waals surface area contributed by atoms with Gasteiger partial charge in [-0.1, -0.05) is 26.0 Å². The molecule has 0 bridgehead atoms. The third-order valence-electron chi connectivity index (χ3n) is 3.73. The summed E-state index contributed by atoms with van der Waals surface area (Å²) in [6.07, 6.45) is 0.662. The van der Waals surface area contributed by atoms with Crippen molar-refractivity contribution in [3.63, 3.8) is 0 Å². The van der Waals surface area contributed by atoms with Gasteiger partial charge in [0.1, 0.15) is 11.4 Å². The molecule has 2 aromatic rings. The Labute approximate surface area is 146 Å². The highest BCUT2D eigenvalue weighted by atomic mass is 16.5. The molecule has 0 saturated carbocycles. The first-order chi connectivity index (χ1) is 11.9. The molecule has 0 aliphatic rings. The monoisotopic (exact) mass is 345 g/mol. The van der Waals surface area contributed by atoms with E-state index in [4.69, 9.17) is 9.84 Å². The van der Waals surface area contributed by atoms with E-state index >= 15 is 0 Å². The van der Waals surface area contributed by atoms with Gasteiger partial charge >= 0.3 is 5.97 Å². The summed E-state index contributed by atoms with van der Waals surface area (Å²) < 4.78 is 6.81. The fraction of sp³-hybridized carbons (Fsp3) is 0.389. The topological polar surface area (TPSA) is 93.4 Å². The number of amides is 1. The molecule has 0 saturated heterocycles. The highest BCUT2D eigenvalue weighted by Gasteiger charge is 2.14. The second kappa shape index (κ2) is 8.32. The van der Waals surface area contributed by atoms with Crippen molar-refractivity contribution in [2.75, 3.05) is 13.2 Å². The summed E-state index contributed by atoms with van der Waals surface area (Å²) in [7, 11) is 1.83. The summed E-state index contributed by atoms with van der Waals surface area (Å²) in [6, 6.07) is 8.94. The molecule has 7 heteroatoms. The van der Waals surface area contributed by atoms with Gasteiger partial charge in [0, 0.05) is 19.3 Å². The number of carbonyl (C=O) groups excluding carboxylic acids is 1. The molecule has 2 rings (SSSR count). The lowest BCUT2D eigenvalue weighted by Gasteiger charge is -2.06. The largest absolute Gasteiger partial charge is 0.482 e. The maximum absolute atomic E-state index is 12.2. The van der Waals surface area contributed by atoms with Crippen molar-refractivity contribution in [2.24, 2.45) is 7.05 Å². The quantitative estimate of drug-likeness (QED) is 0.763. The summed E-state index contributed by atoms with van der Waals surface area (Å²) in [4.78, 5) is 22.6. The Morgan fingerprint density at radius 1 is 1.28 bits per heavy atom. The van der Waals surface area contributed by atoms with Crippen LogP contribution in [0.3, 0.4) is 0 Å². The van der Waals surface area contributed by atoms with Crippen LogP contribution >= 0.6 is 0 Å². The van der Waals surface area contributed by atoms with Crippen LogP contribution in [0.15, 0.2) is 30.3 Å². The average Bonchev–Trinajstić information content (AvgIpc) is 2.96. The van der Waals surface area contributed by atoms with Gasteiger partial charge in [-0.2, -0.15) is 5.10 Å². The lowest BCUT2D eigenvalue weighted by Crippen LogP contribution is -2.26. The number of carbonyl (C=O) groups is 2. The number of rotatable bonds is 8. The van der Waals surface area contributed by atoms with Gasteiger partial charge in [-0.3, -0.25) is 9.48 Å².